The highest BCUT2D eigenvalue weighted by Gasteiger charge is 2.27. The Balaban J connectivity index is 1.35. The first-order valence-corrected chi connectivity index (χ1v) is 12.2. The number of carbonyl (C=O) groups is 1. The predicted molar refractivity (Wildman–Crippen MR) is 135 cm³/mol. The molecule has 0 spiro atoms. The van der Waals surface area contributed by atoms with Crippen molar-refractivity contribution in [3.8, 4) is 11.6 Å². The van der Waals surface area contributed by atoms with Gasteiger partial charge in [-0.25, -0.2) is 4.98 Å². The second-order valence-corrected chi connectivity index (χ2v) is 9.29. The van der Waals surface area contributed by atoms with E-state index in [9.17, 15) is 9.90 Å². The summed E-state index contributed by atoms with van der Waals surface area (Å²) in [5, 5.41) is 22.4. The minimum atomic E-state index is -0.672. The zero-order chi connectivity index (χ0) is 24.2. The minimum Gasteiger partial charge on any atom is -0.482 e. The molecule has 3 atom stereocenters. The van der Waals surface area contributed by atoms with E-state index >= 15 is 0 Å². The molecule has 0 aliphatic carbocycles. The molecule has 8 nitrogen and oxygen atoms in total. The number of benzene rings is 2. The number of ether oxygens (including phenoxy) is 2. The van der Waals surface area contributed by atoms with Gasteiger partial charge in [-0.3, -0.25) is 4.79 Å². The number of piperidine rings is 1. The summed E-state index contributed by atoms with van der Waals surface area (Å²) in [6.45, 7) is 2.62. The van der Waals surface area contributed by atoms with Crippen LogP contribution in [0.3, 0.4) is 0 Å². The van der Waals surface area contributed by atoms with Gasteiger partial charge >= 0.3 is 0 Å². The quantitative estimate of drug-likeness (QED) is 0.396. The third-order valence-electron chi connectivity index (χ3n) is 6.92. The van der Waals surface area contributed by atoms with Crippen LogP contribution < -0.4 is 25.4 Å². The number of methoxy groups -OCH3 is 1. The van der Waals surface area contributed by atoms with E-state index < -0.39 is 6.10 Å². The fraction of sp³-hybridized carbons (Fsp3) is 0.407. The number of pyridine rings is 1. The third-order valence-corrected chi connectivity index (χ3v) is 6.92. The molecule has 184 valence electrons. The Morgan fingerprint density at radius 2 is 2.17 bits per heavy atom. The molecule has 3 heterocycles. The van der Waals surface area contributed by atoms with Gasteiger partial charge in [-0.15, -0.1) is 0 Å². The largest absolute Gasteiger partial charge is 0.482 e. The van der Waals surface area contributed by atoms with Gasteiger partial charge in [0.1, 0.15) is 5.75 Å². The van der Waals surface area contributed by atoms with Gasteiger partial charge in [-0.05, 0) is 62.0 Å². The van der Waals surface area contributed by atoms with E-state index in [-0.39, 0.29) is 18.6 Å². The zero-order valence-corrected chi connectivity index (χ0v) is 19.9. The molecule has 1 saturated heterocycles. The number of hydrogen-bond acceptors (Lipinski definition) is 7. The summed E-state index contributed by atoms with van der Waals surface area (Å²) in [6, 6.07) is 15.7. The summed E-state index contributed by atoms with van der Waals surface area (Å²) in [4.78, 5) is 16.3. The van der Waals surface area contributed by atoms with E-state index in [0.29, 0.717) is 36.2 Å². The second kappa shape index (κ2) is 10.6. The number of rotatable bonds is 8. The molecule has 2 aromatic carbocycles. The highest BCUT2D eigenvalue weighted by molar-refractivity contribution is 5.95. The SMILES string of the molecule is COc1ccc2cccc(C(O)CC(NCc3ccc4c(c3)NC(=O)CO4)C3CCCNC3)c2n1. The molecule has 2 aliphatic rings. The fourth-order valence-corrected chi connectivity index (χ4v) is 5.06. The predicted octanol–water partition coefficient (Wildman–Crippen LogP) is 3.16. The summed E-state index contributed by atoms with van der Waals surface area (Å²) in [5.41, 5.74) is 3.33. The average molecular weight is 477 g/mol. The van der Waals surface area contributed by atoms with Crippen molar-refractivity contribution in [2.75, 3.05) is 32.1 Å². The second-order valence-electron chi connectivity index (χ2n) is 9.29. The van der Waals surface area contributed by atoms with Crippen LogP contribution in [0.2, 0.25) is 0 Å². The van der Waals surface area contributed by atoms with Gasteiger partial charge in [0.2, 0.25) is 5.88 Å². The lowest BCUT2D eigenvalue weighted by Gasteiger charge is -2.33. The molecular formula is C27H32N4O4. The van der Waals surface area contributed by atoms with Gasteiger partial charge in [-0.1, -0.05) is 24.3 Å². The molecule has 1 aromatic heterocycles. The standard InChI is InChI=1S/C27H32N4O4/c1-34-26-10-8-18-4-2-6-20(27(18)31-26)23(32)13-21(19-5-3-11-28-15-19)29-14-17-7-9-24-22(12-17)30-25(33)16-35-24/h2,4,6-10,12,19,21,23,28-29,32H,3,5,11,13-16H2,1H3,(H,30,33). The first kappa shape index (κ1) is 23.5. The Kier molecular flexibility index (Phi) is 7.13. The van der Waals surface area contributed by atoms with Crippen LogP contribution in [0, 0.1) is 5.92 Å². The number of hydrogen-bond donors (Lipinski definition) is 4. The number of aliphatic hydroxyl groups excluding tert-OH is 1. The maximum atomic E-state index is 11.7. The normalized spacial score (nSPS) is 19.4. The first-order valence-electron chi connectivity index (χ1n) is 12.2. The van der Waals surface area contributed by atoms with Gasteiger partial charge in [0.05, 0.1) is 24.4 Å². The van der Waals surface area contributed by atoms with E-state index in [1.54, 1.807) is 7.11 Å². The maximum Gasteiger partial charge on any atom is 0.262 e. The molecule has 1 fully saturated rings. The van der Waals surface area contributed by atoms with E-state index in [0.717, 1.165) is 48.0 Å². The van der Waals surface area contributed by atoms with Crippen molar-refractivity contribution < 1.29 is 19.4 Å². The van der Waals surface area contributed by atoms with Crippen LogP contribution in [-0.2, 0) is 11.3 Å². The van der Waals surface area contributed by atoms with E-state index in [2.05, 4.69) is 20.9 Å². The summed E-state index contributed by atoms with van der Waals surface area (Å²) < 4.78 is 10.8. The Morgan fingerprint density at radius 1 is 1.26 bits per heavy atom. The van der Waals surface area contributed by atoms with Gasteiger partial charge in [0.15, 0.2) is 6.61 Å². The van der Waals surface area contributed by atoms with Crippen molar-refractivity contribution in [3.05, 3.63) is 59.7 Å². The Labute approximate surface area is 205 Å². The Hall–Kier alpha value is -3.20. The maximum absolute atomic E-state index is 11.7. The summed E-state index contributed by atoms with van der Waals surface area (Å²) in [6.07, 6.45) is 2.12. The van der Waals surface area contributed by atoms with Crippen molar-refractivity contribution in [3.63, 3.8) is 0 Å². The number of carbonyl (C=O) groups excluding carboxylic acids is 1. The topological polar surface area (TPSA) is 105 Å². The number of anilines is 1. The molecule has 35 heavy (non-hydrogen) atoms. The lowest BCUT2D eigenvalue weighted by molar-refractivity contribution is -0.118. The van der Waals surface area contributed by atoms with Gasteiger partial charge < -0.3 is 30.5 Å². The van der Waals surface area contributed by atoms with Crippen LogP contribution in [0.25, 0.3) is 10.9 Å². The highest BCUT2D eigenvalue weighted by atomic mass is 16.5. The van der Waals surface area contributed by atoms with Gasteiger partial charge in [0.25, 0.3) is 5.91 Å². The zero-order valence-electron chi connectivity index (χ0n) is 19.9. The molecule has 5 rings (SSSR count). The Bertz CT molecular complexity index is 1200. The van der Waals surface area contributed by atoms with E-state index in [1.807, 2.05) is 48.5 Å². The monoisotopic (exact) mass is 476 g/mol. The minimum absolute atomic E-state index is 0.0497. The molecule has 0 radical (unpaired) electrons. The highest BCUT2D eigenvalue weighted by Crippen LogP contribution is 2.31. The lowest BCUT2D eigenvalue weighted by Crippen LogP contribution is -2.44. The van der Waals surface area contributed by atoms with Crippen LogP contribution in [0.1, 0.15) is 36.5 Å². The molecular weight excluding hydrogens is 444 g/mol. The number of nitrogens with one attached hydrogen (secondary N) is 3. The number of fused-ring (bicyclic) bond motifs is 2. The summed E-state index contributed by atoms with van der Waals surface area (Å²) in [5.74, 6) is 1.48. The number of amides is 1. The summed E-state index contributed by atoms with van der Waals surface area (Å²) >= 11 is 0. The van der Waals surface area contributed by atoms with Crippen LogP contribution in [0.5, 0.6) is 11.6 Å². The molecule has 4 N–H and O–H groups in total. The molecule has 2 aliphatic heterocycles. The average Bonchev–Trinajstić information content (AvgIpc) is 2.90. The Morgan fingerprint density at radius 3 is 3.00 bits per heavy atom. The van der Waals surface area contributed by atoms with Crippen molar-refractivity contribution in [2.45, 2.75) is 38.0 Å². The number of aromatic nitrogens is 1. The number of aliphatic hydroxyl groups is 1. The van der Waals surface area contributed by atoms with Crippen molar-refractivity contribution in [2.24, 2.45) is 5.92 Å². The van der Waals surface area contributed by atoms with Gasteiger partial charge in [-0.2, -0.15) is 0 Å². The fourth-order valence-electron chi connectivity index (χ4n) is 5.06. The molecule has 0 saturated carbocycles. The lowest BCUT2D eigenvalue weighted by atomic mass is 9.86. The molecule has 1 amide bonds. The first-order chi connectivity index (χ1) is 17.1. The van der Waals surface area contributed by atoms with Crippen molar-refractivity contribution >= 4 is 22.5 Å². The molecule has 8 heteroatoms. The molecule has 3 unspecified atom stereocenters. The van der Waals surface area contributed by atoms with Crippen LogP contribution >= 0.6 is 0 Å². The molecule has 3 aromatic rings. The smallest absolute Gasteiger partial charge is 0.262 e. The van der Waals surface area contributed by atoms with Crippen LogP contribution in [0.15, 0.2) is 48.5 Å². The number of para-hydroxylation sites is 1. The summed E-state index contributed by atoms with van der Waals surface area (Å²) in [7, 11) is 1.60. The number of nitrogens with zero attached hydrogens (tertiary/aromatic N) is 1. The third kappa shape index (κ3) is 5.40. The van der Waals surface area contributed by atoms with E-state index in [4.69, 9.17) is 9.47 Å². The van der Waals surface area contributed by atoms with E-state index in [1.165, 1.54) is 0 Å². The molecule has 0 bridgehead atoms. The van der Waals surface area contributed by atoms with Crippen LogP contribution in [0.4, 0.5) is 5.69 Å². The van der Waals surface area contributed by atoms with Crippen molar-refractivity contribution in [1.82, 2.24) is 15.6 Å². The van der Waals surface area contributed by atoms with Crippen LogP contribution in [-0.4, -0.2) is 48.8 Å². The van der Waals surface area contributed by atoms with Crippen molar-refractivity contribution in [1.29, 1.82) is 0 Å². The van der Waals surface area contributed by atoms with Gasteiger partial charge in [0, 0.05) is 29.6 Å².